The number of nitriles is 1. The van der Waals surface area contributed by atoms with E-state index < -0.39 is 23.0 Å². The summed E-state index contributed by atoms with van der Waals surface area (Å²) >= 11 is 0. The molecule has 1 aromatic rings. The summed E-state index contributed by atoms with van der Waals surface area (Å²) in [6.07, 6.45) is 0. The molecule has 0 fully saturated rings. The molecular formula is C14H16F2N2O. The minimum Gasteiger partial charge on any atom is -0.337 e. The van der Waals surface area contributed by atoms with Gasteiger partial charge in [0, 0.05) is 12.1 Å². The van der Waals surface area contributed by atoms with E-state index in [4.69, 9.17) is 5.26 Å². The van der Waals surface area contributed by atoms with E-state index in [1.165, 1.54) is 24.8 Å². The molecule has 0 spiro atoms. The predicted molar refractivity (Wildman–Crippen MR) is 66.8 cm³/mol. The summed E-state index contributed by atoms with van der Waals surface area (Å²) in [4.78, 5) is 13.4. The largest absolute Gasteiger partial charge is 0.337 e. The highest BCUT2D eigenvalue weighted by Gasteiger charge is 2.32. The van der Waals surface area contributed by atoms with E-state index in [-0.39, 0.29) is 18.7 Å². The predicted octanol–water partition coefficient (Wildman–Crippen LogP) is 2.86. The number of carbonyl (C=O) groups excluding carboxylic acids is 1. The lowest BCUT2D eigenvalue weighted by Crippen LogP contribution is -2.40. The van der Waals surface area contributed by atoms with Crippen molar-refractivity contribution in [2.45, 2.75) is 27.3 Å². The van der Waals surface area contributed by atoms with Gasteiger partial charge in [0.25, 0.3) is 0 Å². The van der Waals surface area contributed by atoms with E-state index in [9.17, 15) is 13.6 Å². The van der Waals surface area contributed by atoms with Crippen LogP contribution in [0.5, 0.6) is 0 Å². The van der Waals surface area contributed by atoms with E-state index >= 15 is 0 Å². The van der Waals surface area contributed by atoms with E-state index in [0.717, 1.165) is 12.1 Å². The first-order valence-electron chi connectivity index (χ1n) is 5.97. The van der Waals surface area contributed by atoms with Crippen LogP contribution < -0.4 is 0 Å². The first-order valence-corrected chi connectivity index (χ1v) is 5.97. The standard InChI is InChI=1S/C14H16F2N2O/c1-4-18(13(19)14(2,3)9-17)8-10-11(15)6-5-7-12(10)16/h5-7H,4,8H2,1-3H3. The Morgan fingerprint density at radius 3 is 2.32 bits per heavy atom. The molecule has 0 heterocycles. The van der Waals surface area contributed by atoms with Crippen LogP contribution in [0, 0.1) is 28.4 Å². The number of carbonyl (C=O) groups is 1. The zero-order valence-electron chi connectivity index (χ0n) is 11.2. The van der Waals surface area contributed by atoms with Crippen molar-refractivity contribution in [1.29, 1.82) is 5.26 Å². The van der Waals surface area contributed by atoms with Crippen LogP contribution in [0.1, 0.15) is 26.3 Å². The van der Waals surface area contributed by atoms with Gasteiger partial charge in [0.2, 0.25) is 5.91 Å². The van der Waals surface area contributed by atoms with Crippen LogP contribution in [0.3, 0.4) is 0 Å². The van der Waals surface area contributed by atoms with Crippen molar-refractivity contribution in [2.75, 3.05) is 6.54 Å². The summed E-state index contributed by atoms with van der Waals surface area (Å²) in [6.45, 7) is 4.76. The first kappa shape index (κ1) is 15.1. The fourth-order valence-electron chi connectivity index (χ4n) is 1.64. The Hall–Kier alpha value is -1.96. The van der Waals surface area contributed by atoms with Crippen LogP contribution in [0.15, 0.2) is 18.2 Å². The molecule has 0 N–H and O–H groups in total. The first-order chi connectivity index (χ1) is 8.83. The fraction of sp³-hybridized carbons (Fsp3) is 0.429. The quantitative estimate of drug-likeness (QED) is 0.841. The van der Waals surface area contributed by atoms with Crippen LogP contribution in [-0.2, 0) is 11.3 Å². The maximum atomic E-state index is 13.5. The maximum absolute atomic E-state index is 13.5. The van der Waals surface area contributed by atoms with Gasteiger partial charge in [-0.25, -0.2) is 8.78 Å². The normalized spacial score (nSPS) is 10.9. The molecule has 0 radical (unpaired) electrons. The van der Waals surface area contributed by atoms with Crippen LogP contribution >= 0.6 is 0 Å². The topological polar surface area (TPSA) is 44.1 Å². The van der Waals surface area contributed by atoms with Gasteiger partial charge in [-0.3, -0.25) is 4.79 Å². The van der Waals surface area contributed by atoms with Crippen molar-refractivity contribution < 1.29 is 13.6 Å². The molecule has 0 aromatic heterocycles. The van der Waals surface area contributed by atoms with Crippen LogP contribution in [-0.4, -0.2) is 17.4 Å². The molecule has 19 heavy (non-hydrogen) atoms. The lowest BCUT2D eigenvalue weighted by atomic mass is 9.93. The average Bonchev–Trinajstić information content (AvgIpc) is 2.38. The van der Waals surface area contributed by atoms with E-state index in [1.54, 1.807) is 6.92 Å². The van der Waals surface area contributed by atoms with Gasteiger partial charge in [0.1, 0.15) is 17.0 Å². The van der Waals surface area contributed by atoms with Crippen molar-refractivity contribution in [2.24, 2.45) is 5.41 Å². The maximum Gasteiger partial charge on any atom is 0.242 e. The monoisotopic (exact) mass is 266 g/mol. The smallest absolute Gasteiger partial charge is 0.242 e. The summed E-state index contributed by atoms with van der Waals surface area (Å²) in [5.41, 5.74) is -1.37. The molecule has 5 heteroatoms. The number of amides is 1. The van der Waals surface area contributed by atoms with E-state index in [2.05, 4.69) is 0 Å². The number of nitrogens with zero attached hydrogens (tertiary/aromatic N) is 2. The second-order valence-electron chi connectivity index (χ2n) is 4.76. The summed E-state index contributed by atoms with van der Waals surface area (Å²) in [5.74, 6) is -1.83. The molecule has 0 bridgehead atoms. The summed E-state index contributed by atoms with van der Waals surface area (Å²) in [6, 6.07) is 5.45. The highest BCUT2D eigenvalue weighted by Crippen LogP contribution is 2.21. The molecule has 0 aliphatic rings. The molecule has 1 amide bonds. The van der Waals surface area contributed by atoms with Gasteiger partial charge in [-0.1, -0.05) is 6.07 Å². The Balaban J connectivity index is 3.02. The van der Waals surface area contributed by atoms with E-state index in [0.29, 0.717) is 0 Å². The Kier molecular flexibility index (Phi) is 4.60. The average molecular weight is 266 g/mol. The molecule has 0 atom stereocenters. The second kappa shape index (κ2) is 5.79. The summed E-state index contributed by atoms with van der Waals surface area (Å²) < 4.78 is 27.1. The SMILES string of the molecule is CCN(Cc1c(F)cccc1F)C(=O)C(C)(C)C#N. The fourth-order valence-corrected chi connectivity index (χ4v) is 1.64. The van der Waals surface area contributed by atoms with Gasteiger partial charge in [0.05, 0.1) is 12.6 Å². The lowest BCUT2D eigenvalue weighted by molar-refractivity contribution is -0.138. The Labute approximate surface area is 111 Å². The molecule has 1 aromatic carbocycles. The zero-order chi connectivity index (χ0) is 14.6. The molecule has 0 saturated carbocycles. The van der Waals surface area contributed by atoms with Crippen LogP contribution in [0.25, 0.3) is 0 Å². The molecule has 0 aliphatic carbocycles. The van der Waals surface area contributed by atoms with Crippen LogP contribution in [0.2, 0.25) is 0 Å². The Morgan fingerprint density at radius 2 is 1.89 bits per heavy atom. The Morgan fingerprint density at radius 1 is 1.37 bits per heavy atom. The third-order valence-electron chi connectivity index (χ3n) is 2.89. The Bertz CT molecular complexity index is 500. The number of hydrogen-bond acceptors (Lipinski definition) is 2. The van der Waals surface area contributed by atoms with Crippen molar-refractivity contribution in [3.63, 3.8) is 0 Å². The molecule has 1 rings (SSSR count). The van der Waals surface area contributed by atoms with E-state index in [1.807, 2.05) is 6.07 Å². The number of hydrogen-bond donors (Lipinski definition) is 0. The molecule has 0 unspecified atom stereocenters. The molecular weight excluding hydrogens is 250 g/mol. The summed E-state index contributed by atoms with van der Waals surface area (Å²) in [5, 5.41) is 8.94. The number of halogens is 2. The third kappa shape index (κ3) is 3.28. The number of rotatable bonds is 4. The second-order valence-corrected chi connectivity index (χ2v) is 4.76. The zero-order valence-corrected chi connectivity index (χ0v) is 11.2. The highest BCUT2D eigenvalue weighted by molar-refractivity contribution is 5.84. The lowest BCUT2D eigenvalue weighted by Gasteiger charge is -2.27. The van der Waals surface area contributed by atoms with Gasteiger partial charge in [-0.15, -0.1) is 0 Å². The van der Waals surface area contributed by atoms with Gasteiger partial charge in [0.15, 0.2) is 0 Å². The van der Waals surface area contributed by atoms with Gasteiger partial charge >= 0.3 is 0 Å². The van der Waals surface area contributed by atoms with Gasteiger partial charge < -0.3 is 4.90 Å². The van der Waals surface area contributed by atoms with Crippen molar-refractivity contribution in [3.8, 4) is 6.07 Å². The van der Waals surface area contributed by atoms with Crippen LogP contribution in [0.4, 0.5) is 8.78 Å². The molecule has 0 aliphatic heterocycles. The van der Waals surface area contributed by atoms with Crippen molar-refractivity contribution >= 4 is 5.91 Å². The van der Waals surface area contributed by atoms with Gasteiger partial charge in [-0.2, -0.15) is 5.26 Å². The van der Waals surface area contributed by atoms with Crippen molar-refractivity contribution in [1.82, 2.24) is 4.90 Å². The highest BCUT2D eigenvalue weighted by atomic mass is 19.1. The molecule has 3 nitrogen and oxygen atoms in total. The summed E-state index contributed by atoms with van der Waals surface area (Å²) in [7, 11) is 0. The minimum absolute atomic E-state index is 0.161. The minimum atomic E-state index is -1.21. The van der Waals surface area contributed by atoms with Crippen molar-refractivity contribution in [3.05, 3.63) is 35.4 Å². The third-order valence-corrected chi connectivity index (χ3v) is 2.89. The number of benzene rings is 1. The van der Waals surface area contributed by atoms with Gasteiger partial charge in [-0.05, 0) is 32.9 Å². The molecule has 102 valence electrons. The molecule has 0 saturated heterocycles.